The van der Waals surface area contributed by atoms with Crippen LogP contribution in [-0.2, 0) is 6.42 Å². The number of hydrogen-bond donors (Lipinski definition) is 1. The second-order valence-corrected chi connectivity index (χ2v) is 3.97. The molecule has 0 bridgehead atoms. The molecule has 0 amide bonds. The minimum atomic E-state index is 0.197. The van der Waals surface area contributed by atoms with Crippen molar-refractivity contribution in [2.24, 2.45) is 5.73 Å². The fourth-order valence-corrected chi connectivity index (χ4v) is 1.63. The molecule has 0 aliphatic carbocycles. The van der Waals surface area contributed by atoms with Crippen molar-refractivity contribution in [3.05, 3.63) is 48.4 Å². The molecule has 0 radical (unpaired) electrons. The Morgan fingerprint density at radius 1 is 1.19 bits per heavy atom. The first-order chi connectivity index (χ1) is 7.75. The quantitative estimate of drug-likeness (QED) is 0.848. The van der Waals surface area contributed by atoms with Crippen LogP contribution in [0.3, 0.4) is 0 Å². The van der Waals surface area contributed by atoms with E-state index in [-0.39, 0.29) is 6.04 Å². The predicted octanol–water partition coefficient (Wildman–Crippen LogP) is 2.03. The molecule has 0 aliphatic heterocycles. The summed E-state index contributed by atoms with van der Waals surface area (Å²) in [5.41, 5.74) is 8.99. The molecule has 2 aromatic rings. The second kappa shape index (κ2) is 4.86. The van der Waals surface area contributed by atoms with E-state index in [4.69, 9.17) is 5.73 Å². The highest BCUT2D eigenvalue weighted by molar-refractivity contribution is 5.58. The van der Waals surface area contributed by atoms with Gasteiger partial charge in [-0.05, 0) is 18.9 Å². The van der Waals surface area contributed by atoms with Gasteiger partial charge >= 0.3 is 0 Å². The molecule has 0 saturated heterocycles. The molecular weight excluding hydrogens is 198 g/mol. The maximum absolute atomic E-state index is 5.75. The Kier molecular flexibility index (Phi) is 3.27. The summed E-state index contributed by atoms with van der Waals surface area (Å²) in [6, 6.07) is 8.49. The molecule has 2 N–H and O–H groups in total. The van der Waals surface area contributed by atoms with Crippen LogP contribution in [0.15, 0.2) is 42.9 Å². The lowest BCUT2D eigenvalue weighted by molar-refractivity contribution is 0.738. The van der Waals surface area contributed by atoms with Crippen molar-refractivity contribution in [1.29, 1.82) is 0 Å². The van der Waals surface area contributed by atoms with Gasteiger partial charge in [-0.25, -0.2) is 0 Å². The zero-order valence-electron chi connectivity index (χ0n) is 9.30. The van der Waals surface area contributed by atoms with Crippen molar-refractivity contribution < 1.29 is 0 Å². The van der Waals surface area contributed by atoms with Gasteiger partial charge in [0.15, 0.2) is 0 Å². The summed E-state index contributed by atoms with van der Waals surface area (Å²) in [5, 5.41) is 0. The highest BCUT2D eigenvalue weighted by Crippen LogP contribution is 2.16. The van der Waals surface area contributed by atoms with Crippen molar-refractivity contribution in [2.75, 3.05) is 0 Å². The standard InChI is InChI=1S/C13H15N3/c1-10(14)8-11-2-4-12(5-3-11)13-9-15-6-7-16-13/h2-7,9-10H,8,14H2,1H3. The van der Waals surface area contributed by atoms with Crippen LogP contribution in [0.5, 0.6) is 0 Å². The number of aromatic nitrogens is 2. The van der Waals surface area contributed by atoms with E-state index in [0.717, 1.165) is 17.7 Å². The van der Waals surface area contributed by atoms with Crippen LogP contribution in [0, 0.1) is 0 Å². The monoisotopic (exact) mass is 213 g/mol. The molecule has 1 unspecified atom stereocenters. The average Bonchev–Trinajstić information content (AvgIpc) is 2.30. The fourth-order valence-electron chi connectivity index (χ4n) is 1.63. The number of nitrogens with zero attached hydrogens (tertiary/aromatic N) is 2. The van der Waals surface area contributed by atoms with E-state index in [9.17, 15) is 0 Å². The SMILES string of the molecule is CC(N)Cc1ccc(-c2cnccn2)cc1. The lowest BCUT2D eigenvalue weighted by Gasteiger charge is -2.06. The van der Waals surface area contributed by atoms with E-state index >= 15 is 0 Å². The van der Waals surface area contributed by atoms with Gasteiger partial charge in [0.2, 0.25) is 0 Å². The van der Waals surface area contributed by atoms with Gasteiger partial charge < -0.3 is 5.73 Å². The van der Waals surface area contributed by atoms with Gasteiger partial charge in [-0.3, -0.25) is 9.97 Å². The molecule has 1 atom stereocenters. The summed E-state index contributed by atoms with van der Waals surface area (Å²) in [5.74, 6) is 0. The highest BCUT2D eigenvalue weighted by atomic mass is 14.8. The number of benzene rings is 1. The smallest absolute Gasteiger partial charge is 0.0885 e. The molecule has 82 valence electrons. The largest absolute Gasteiger partial charge is 0.328 e. The van der Waals surface area contributed by atoms with E-state index in [2.05, 4.69) is 34.2 Å². The Bertz CT molecular complexity index is 434. The van der Waals surface area contributed by atoms with Crippen LogP contribution in [0.25, 0.3) is 11.3 Å². The van der Waals surface area contributed by atoms with E-state index in [1.165, 1.54) is 5.56 Å². The summed E-state index contributed by atoms with van der Waals surface area (Å²) in [6.07, 6.45) is 6.04. The van der Waals surface area contributed by atoms with Gasteiger partial charge in [0, 0.05) is 24.0 Å². The van der Waals surface area contributed by atoms with E-state index < -0.39 is 0 Å². The number of nitrogens with two attached hydrogens (primary N) is 1. The van der Waals surface area contributed by atoms with Gasteiger partial charge in [0.25, 0.3) is 0 Å². The summed E-state index contributed by atoms with van der Waals surface area (Å²) < 4.78 is 0. The lowest BCUT2D eigenvalue weighted by atomic mass is 10.0. The maximum Gasteiger partial charge on any atom is 0.0885 e. The molecule has 2 rings (SSSR count). The summed E-state index contributed by atoms with van der Waals surface area (Å²) in [4.78, 5) is 8.30. The molecule has 3 nitrogen and oxygen atoms in total. The molecule has 3 heteroatoms. The Morgan fingerprint density at radius 3 is 2.50 bits per heavy atom. The molecule has 0 aliphatic rings. The molecular formula is C13H15N3. The van der Waals surface area contributed by atoms with Crippen LogP contribution in [-0.4, -0.2) is 16.0 Å². The van der Waals surface area contributed by atoms with Gasteiger partial charge in [0.1, 0.15) is 0 Å². The van der Waals surface area contributed by atoms with Gasteiger partial charge in [0.05, 0.1) is 11.9 Å². The van der Waals surface area contributed by atoms with Crippen LogP contribution in [0.4, 0.5) is 0 Å². The van der Waals surface area contributed by atoms with Gasteiger partial charge in [-0.1, -0.05) is 24.3 Å². The average molecular weight is 213 g/mol. The zero-order chi connectivity index (χ0) is 11.4. The van der Waals surface area contributed by atoms with Crippen molar-refractivity contribution in [1.82, 2.24) is 9.97 Å². The Balaban J connectivity index is 2.20. The normalized spacial score (nSPS) is 12.4. The van der Waals surface area contributed by atoms with Crippen molar-refractivity contribution >= 4 is 0 Å². The third-order valence-electron chi connectivity index (χ3n) is 2.37. The molecule has 1 aromatic carbocycles. The minimum Gasteiger partial charge on any atom is -0.328 e. The maximum atomic E-state index is 5.75. The lowest BCUT2D eigenvalue weighted by Crippen LogP contribution is -2.17. The van der Waals surface area contributed by atoms with Crippen molar-refractivity contribution in [3.63, 3.8) is 0 Å². The first kappa shape index (κ1) is 10.8. The van der Waals surface area contributed by atoms with Crippen LogP contribution in [0.1, 0.15) is 12.5 Å². The fraction of sp³-hybridized carbons (Fsp3) is 0.231. The second-order valence-electron chi connectivity index (χ2n) is 3.97. The van der Waals surface area contributed by atoms with Crippen LogP contribution in [0.2, 0.25) is 0 Å². The van der Waals surface area contributed by atoms with Gasteiger partial charge in [-0.2, -0.15) is 0 Å². The molecule has 16 heavy (non-hydrogen) atoms. The number of hydrogen-bond acceptors (Lipinski definition) is 3. The van der Waals surface area contributed by atoms with E-state index in [1.807, 2.05) is 6.92 Å². The molecule has 0 spiro atoms. The zero-order valence-corrected chi connectivity index (χ0v) is 9.30. The van der Waals surface area contributed by atoms with E-state index in [1.54, 1.807) is 18.6 Å². The van der Waals surface area contributed by atoms with Crippen LogP contribution >= 0.6 is 0 Å². The highest BCUT2D eigenvalue weighted by Gasteiger charge is 2.00. The molecule has 0 fully saturated rings. The van der Waals surface area contributed by atoms with Crippen molar-refractivity contribution in [3.8, 4) is 11.3 Å². The third-order valence-corrected chi connectivity index (χ3v) is 2.37. The molecule has 1 heterocycles. The first-order valence-corrected chi connectivity index (χ1v) is 5.36. The molecule has 0 saturated carbocycles. The first-order valence-electron chi connectivity index (χ1n) is 5.36. The minimum absolute atomic E-state index is 0.197. The number of rotatable bonds is 3. The topological polar surface area (TPSA) is 51.8 Å². The summed E-state index contributed by atoms with van der Waals surface area (Å²) in [7, 11) is 0. The Labute approximate surface area is 95.4 Å². The Hall–Kier alpha value is -1.74. The Morgan fingerprint density at radius 2 is 1.94 bits per heavy atom. The third kappa shape index (κ3) is 2.64. The van der Waals surface area contributed by atoms with Crippen molar-refractivity contribution in [2.45, 2.75) is 19.4 Å². The van der Waals surface area contributed by atoms with E-state index in [0.29, 0.717) is 0 Å². The summed E-state index contributed by atoms with van der Waals surface area (Å²) in [6.45, 7) is 2.01. The molecule has 1 aromatic heterocycles. The summed E-state index contributed by atoms with van der Waals surface area (Å²) >= 11 is 0. The van der Waals surface area contributed by atoms with Gasteiger partial charge in [-0.15, -0.1) is 0 Å². The van der Waals surface area contributed by atoms with Crippen LogP contribution < -0.4 is 5.73 Å². The predicted molar refractivity (Wildman–Crippen MR) is 64.8 cm³/mol.